The van der Waals surface area contributed by atoms with E-state index in [4.69, 9.17) is 11.6 Å². The zero-order valence-corrected chi connectivity index (χ0v) is 20.2. The topological polar surface area (TPSA) is 86.8 Å². The van der Waals surface area contributed by atoms with Gasteiger partial charge in [0, 0.05) is 31.6 Å². The van der Waals surface area contributed by atoms with E-state index in [1.807, 2.05) is 25.1 Å². The molecule has 2 aromatic rings. The van der Waals surface area contributed by atoms with Crippen LogP contribution in [0.4, 0.5) is 5.69 Å². The van der Waals surface area contributed by atoms with Gasteiger partial charge in [0.1, 0.15) is 6.04 Å². The van der Waals surface area contributed by atoms with Crippen LogP contribution < -0.4 is 9.62 Å². The quantitative estimate of drug-likeness (QED) is 0.534. The highest BCUT2D eigenvalue weighted by Gasteiger charge is 2.28. The second-order valence-corrected chi connectivity index (χ2v) is 9.80. The fourth-order valence-corrected chi connectivity index (χ4v) is 4.56. The summed E-state index contributed by atoms with van der Waals surface area (Å²) in [7, 11) is -1.95. The average molecular weight is 480 g/mol. The van der Waals surface area contributed by atoms with Crippen LogP contribution in [0.5, 0.6) is 0 Å². The van der Waals surface area contributed by atoms with Crippen molar-refractivity contribution >= 4 is 39.1 Å². The van der Waals surface area contributed by atoms with Crippen molar-refractivity contribution in [3.05, 3.63) is 65.2 Å². The van der Waals surface area contributed by atoms with Crippen molar-refractivity contribution in [3.63, 3.8) is 0 Å². The summed E-state index contributed by atoms with van der Waals surface area (Å²) in [5, 5.41) is 3.21. The number of benzene rings is 2. The van der Waals surface area contributed by atoms with E-state index < -0.39 is 16.1 Å². The van der Waals surface area contributed by atoms with E-state index in [2.05, 4.69) is 5.32 Å². The molecule has 0 spiro atoms. The molecule has 0 fully saturated rings. The fraction of sp³-hybridized carbons (Fsp3) is 0.391. The molecule has 2 rings (SSSR count). The molecule has 0 heterocycles. The molecular formula is C23H30ClN3O4S. The predicted molar refractivity (Wildman–Crippen MR) is 128 cm³/mol. The van der Waals surface area contributed by atoms with Gasteiger partial charge in [-0.3, -0.25) is 13.9 Å². The summed E-state index contributed by atoms with van der Waals surface area (Å²) in [6.45, 7) is 2.28. The Hall–Kier alpha value is -2.58. The zero-order valence-electron chi connectivity index (χ0n) is 18.6. The van der Waals surface area contributed by atoms with Gasteiger partial charge in [-0.1, -0.05) is 48.9 Å². The van der Waals surface area contributed by atoms with Crippen LogP contribution in [0.2, 0.25) is 5.02 Å². The molecule has 1 N–H and O–H groups in total. The largest absolute Gasteiger partial charge is 0.357 e. The van der Waals surface area contributed by atoms with Gasteiger partial charge >= 0.3 is 0 Å². The zero-order chi connectivity index (χ0) is 23.7. The summed E-state index contributed by atoms with van der Waals surface area (Å²) in [6.07, 6.45) is 2.04. The number of hydrogen-bond donors (Lipinski definition) is 1. The van der Waals surface area contributed by atoms with E-state index in [1.165, 1.54) is 4.31 Å². The van der Waals surface area contributed by atoms with Crippen LogP contribution in [0.1, 0.15) is 31.7 Å². The van der Waals surface area contributed by atoms with Gasteiger partial charge in [0.05, 0.1) is 11.9 Å². The summed E-state index contributed by atoms with van der Waals surface area (Å²) in [6, 6.07) is 15.3. The highest BCUT2D eigenvalue weighted by molar-refractivity contribution is 7.92. The van der Waals surface area contributed by atoms with E-state index in [1.54, 1.807) is 48.3 Å². The number of amides is 2. The maximum Gasteiger partial charge on any atom is 0.242 e. The van der Waals surface area contributed by atoms with Crippen molar-refractivity contribution in [2.45, 2.75) is 38.8 Å². The van der Waals surface area contributed by atoms with Crippen molar-refractivity contribution in [3.8, 4) is 0 Å². The SMILES string of the molecule is CCC(C(=O)NC)N(Cc1ccc(Cl)cc1)C(=O)CCCN(c1ccccc1)S(C)(=O)=O. The second-order valence-electron chi connectivity index (χ2n) is 7.46. The molecule has 0 saturated heterocycles. The molecule has 1 atom stereocenters. The lowest BCUT2D eigenvalue weighted by molar-refractivity contribution is -0.141. The molecule has 174 valence electrons. The number of rotatable bonds is 11. The van der Waals surface area contributed by atoms with Gasteiger partial charge in [-0.15, -0.1) is 0 Å². The number of nitrogens with zero attached hydrogens (tertiary/aromatic N) is 2. The monoisotopic (exact) mass is 479 g/mol. The lowest BCUT2D eigenvalue weighted by atomic mass is 10.1. The van der Waals surface area contributed by atoms with Gasteiger partial charge in [0.15, 0.2) is 0 Å². The molecule has 0 saturated carbocycles. The summed E-state index contributed by atoms with van der Waals surface area (Å²) in [5.41, 5.74) is 1.41. The fourth-order valence-electron chi connectivity index (χ4n) is 3.47. The first kappa shape index (κ1) is 25.7. The molecule has 0 aliphatic carbocycles. The Kier molecular flexibility index (Phi) is 9.53. The molecule has 1 unspecified atom stereocenters. The Morgan fingerprint density at radius 1 is 1.06 bits per heavy atom. The van der Waals surface area contributed by atoms with Crippen LogP contribution in [-0.4, -0.2) is 51.0 Å². The molecule has 7 nitrogen and oxygen atoms in total. The number of sulfonamides is 1. The van der Waals surface area contributed by atoms with Crippen LogP contribution in [0.25, 0.3) is 0 Å². The van der Waals surface area contributed by atoms with Gasteiger partial charge in [-0.25, -0.2) is 8.42 Å². The highest BCUT2D eigenvalue weighted by Crippen LogP contribution is 2.19. The van der Waals surface area contributed by atoms with Crippen molar-refractivity contribution in [1.82, 2.24) is 10.2 Å². The minimum absolute atomic E-state index is 0.111. The van der Waals surface area contributed by atoms with E-state index in [0.717, 1.165) is 11.8 Å². The normalized spacial score (nSPS) is 12.1. The number of halogens is 1. The van der Waals surface area contributed by atoms with Crippen LogP contribution in [-0.2, 0) is 26.2 Å². The third-order valence-corrected chi connectivity index (χ3v) is 6.54. The number of anilines is 1. The molecule has 0 bridgehead atoms. The molecule has 0 radical (unpaired) electrons. The van der Waals surface area contributed by atoms with E-state index >= 15 is 0 Å². The molecule has 2 amide bonds. The van der Waals surface area contributed by atoms with Crippen molar-refractivity contribution in [2.75, 3.05) is 24.2 Å². The predicted octanol–water partition coefficient (Wildman–Crippen LogP) is 3.44. The number of hydrogen-bond acceptors (Lipinski definition) is 4. The Morgan fingerprint density at radius 3 is 2.22 bits per heavy atom. The maximum absolute atomic E-state index is 13.2. The summed E-state index contributed by atoms with van der Waals surface area (Å²) in [5.74, 6) is -0.450. The van der Waals surface area contributed by atoms with Crippen molar-refractivity contribution < 1.29 is 18.0 Å². The first-order valence-corrected chi connectivity index (χ1v) is 12.7. The van der Waals surface area contributed by atoms with Gasteiger partial charge in [0.2, 0.25) is 21.8 Å². The third-order valence-electron chi connectivity index (χ3n) is 5.09. The maximum atomic E-state index is 13.2. The van der Waals surface area contributed by atoms with E-state index in [-0.39, 0.29) is 31.3 Å². The van der Waals surface area contributed by atoms with Gasteiger partial charge in [-0.05, 0) is 42.7 Å². The summed E-state index contributed by atoms with van der Waals surface area (Å²) < 4.78 is 25.8. The van der Waals surface area contributed by atoms with Crippen molar-refractivity contribution in [1.29, 1.82) is 0 Å². The molecule has 2 aromatic carbocycles. The minimum Gasteiger partial charge on any atom is -0.357 e. The molecule has 0 aliphatic rings. The first-order chi connectivity index (χ1) is 15.2. The second kappa shape index (κ2) is 11.9. The Bertz CT molecular complexity index is 998. The Balaban J connectivity index is 2.15. The molecular weight excluding hydrogens is 450 g/mol. The molecule has 0 aliphatic heterocycles. The van der Waals surface area contributed by atoms with Crippen LogP contribution in [0.3, 0.4) is 0 Å². The number of carbonyl (C=O) groups excluding carboxylic acids is 2. The van der Waals surface area contributed by atoms with Crippen LogP contribution in [0, 0.1) is 0 Å². The first-order valence-electron chi connectivity index (χ1n) is 10.5. The summed E-state index contributed by atoms with van der Waals surface area (Å²) in [4.78, 5) is 27.1. The number of carbonyl (C=O) groups is 2. The molecule has 32 heavy (non-hydrogen) atoms. The summed E-state index contributed by atoms with van der Waals surface area (Å²) >= 11 is 5.96. The van der Waals surface area contributed by atoms with Gasteiger partial charge in [-0.2, -0.15) is 0 Å². The van der Waals surface area contributed by atoms with Crippen LogP contribution >= 0.6 is 11.6 Å². The molecule has 0 aromatic heterocycles. The van der Waals surface area contributed by atoms with E-state index in [0.29, 0.717) is 23.6 Å². The average Bonchev–Trinajstić information content (AvgIpc) is 2.77. The number of nitrogens with one attached hydrogen (secondary N) is 1. The number of para-hydroxylation sites is 1. The Labute approximate surface area is 195 Å². The minimum atomic E-state index is -3.50. The molecule has 9 heteroatoms. The third kappa shape index (κ3) is 7.24. The van der Waals surface area contributed by atoms with Gasteiger partial charge < -0.3 is 10.2 Å². The number of likely N-dealkylation sites (N-methyl/N-ethyl adjacent to an activating group) is 1. The lowest BCUT2D eigenvalue weighted by Gasteiger charge is -2.30. The Morgan fingerprint density at radius 2 is 1.69 bits per heavy atom. The lowest BCUT2D eigenvalue weighted by Crippen LogP contribution is -2.48. The van der Waals surface area contributed by atoms with E-state index in [9.17, 15) is 18.0 Å². The smallest absolute Gasteiger partial charge is 0.242 e. The van der Waals surface area contributed by atoms with Crippen LogP contribution in [0.15, 0.2) is 54.6 Å². The standard InChI is InChI=1S/C23H30ClN3O4S/c1-4-21(23(29)25-2)26(17-18-12-14-19(24)15-13-18)22(28)11-8-16-27(32(3,30)31)20-9-6-5-7-10-20/h5-7,9-10,12-15,21H,4,8,11,16-17H2,1-3H3,(H,25,29). The highest BCUT2D eigenvalue weighted by atomic mass is 35.5. The van der Waals surface area contributed by atoms with Crippen molar-refractivity contribution in [2.24, 2.45) is 0 Å². The van der Waals surface area contributed by atoms with Gasteiger partial charge in [0.25, 0.3) is 0 Å².